The van der Waals surface area contributed by atoms with Crippen molar-refractivity contribution in [3.05, 3.63) is 28.8 Å². The normalized spacial score (nSPS) is 12.8. The van der Waals surface area contributed by atoms with Gasteiger partial charge in [-0.25, -0.2) is 0 Å². The topological polar surface area (TPSA) is 24.5 Å². The summed E-state index contributed by atoms with van der Waals surface area (Å²) in [6, 6.07) is 6.58. The van der Waals surface area contributed by atoms with Crippen molar-refractivity contribution >= 4 is 17.3 Å². The maximum atomic E-state index is 6.40. The van der Waals surface area contributed by atoms with Crippen molar-refractivity contribution < 1.29 is 4.74 Å². The largest absolute Gasteiger partial charge is 0.377 e. The Morgan fingerprint density at radius 1 is 1.30 bits per heavy atom. The summed E-state index contributed by atoms with van der Waals surface area (Å²) in [6.07, 6.45) is 0.266. The molecule has 114 valence electrons. The molecule has 1 rings (SSSR count). The van der Waals surface area contributed by atoms with Gasteiger partial charge in [-0.15, -0.1) is 0 Å². The number of halogens is 1. The van der Waals surface area contributed by atoms with Crippen LogP contribution >= 0.6 is 11.6 Å². The molecule has 0 aliphatic carbocycles. The van der Waals surface area contributed by atoms with Crippen LogP contribution in [0, 0.1) is 0 Å². The highest BCUT2D eigenvalue weighted by Crippen LogP contribution is 2.28. The van der Waals surface area contributed by atoms with E-state index in [0.717, 1.165) is 23.8 Å². The van der Waals surface area contributed by atoms with Crippen LogP contribution in [0.15, 0.2) is 18.2 Å². The minimum atomic E-state index is 0.266. The highest BCUT2D eigenvalue weighted by atomic mass is 35.5. The zero-order valence-corrected chi connectivity index (χ0v) is 14.0. The molecule has 0 amide bonds. The molecule has 0 aliphatic heterocycles. The lowest BCUT2D eigenvalue weighted by molar-refractivity contribution is 0.0846. The fraction of sp³-hybridized carbons (Fsp3) is 0.625. The summed E-state index contributed by atoms with van der Waals surface area (Å²) in [4.78, 5) is 2.13. The van der Waals surface area contributed by atoms with Crippen LogP contribution < -0.4 is 10.2 Å². The molecule has 0 saturated heterocycles. The molecule has 0 bridgehead atoms. The lowest BCUT2D eigenvalue weighted by atomic mass is 10.1. The van der Waals surface area contributed by atoms with Crippen molar-refractivity contribution in [3.8, 4) is 0 Å². The third-order valence-corrected chi connectivity index (χ3v) is 3.57. The monoisotopic (exact) mass is 298 g/mol. The summed E-state index contributed by atoms with van der Waals surface area (Å²) < 4.78 is 5.57. The Kier molecular flexibility index (Phi) is 7.35. The van der Waals surface area contributed by atoms with Gasteiger partial charge in [0.25, 0.3) is 0 Å². The summed E-state index contributed by atoms with van der Waals surface area (Å²) in [5, 5.41) is 4.18. The van der Waals surface area contributed by atoms with Crippen LogP contribution in [0.2, 0.25) is 5.02 Å². The average molecular weight is 299 g/mol. The molecule has 1 N–H and O–H groups in total. The fourth-order valence-corrected chi connectivity index (χ4v) is 2.41. The first kappa shape index (κ1) is 17.3. The Morgan fingerprint density at radius 3 is 2.55 bits per heavy atom. The van der Waals surface area contributed by atoms with Crippen LogP contribution in [-0.2, 0) is 4.74 Å². The molecule has 1 aromatic rings. The SMILES string of the molecule is CCNC(C)c1ccc(N(C)CCOC(C)C)c(Cl)c1. The quantitative estimate of drug-likeness (QED) is 0.788. The predicted molar refractivity (Wildman–Crippen MR) is 87.9 cm³/mol. The Balaban J connectivity index is 2.67. The molecular weight excluding hydrogens is 272 g/mol. The Hall–Kier alpha value is -0.770. The zero-order valence-electron chi connectivity index (χ0n) is 13.2. The van der Waals surface area contributed by atoms with E-state index < -0.39 is 0 Å². The highest BCUT2D eigenvalue weighted by molar-refractivity contribution is 6.33. The van der Waals surface area contributed by atoms with Crippen molar-refractivity contribution in [1.82, 2.24) is 5.32 Å². The molecule has 3 nitrogen and oxygen atoms in total. The van der Waals surface area contributed by atoms with Crippen LogP contribution in [0.4, 0.5) is 5.69 Å². The first-order valence-electron chi connectivity index (χ1n) is 7.31. The van der Waals surface area contributed by atoms with E-state index in [2.05, 4.69) is 36.2 Å². The van der Waals surface area contributed by atoms with Gasteiger partial charge in [0.15, 0.2) is 0 Å². The Morgan fingerprint density at radius 2 is 2.00 bits per heavy atom. The van der Waals surface area contributed by atoms with Crippen LogP contribution in [0.3, 0.4) is 0 Å². The first-order valence-corrected chi connectivity index (χ1v) is 7.69. The van der Waals surface area contributed by atoms with Crippen LogP contribution in [0.25, 0.3) is 0 Å². The minimum Gasteiger partial charge on any atom is -0.377 e. The van der Waals surface area contributed by atoms with Gasteiger partial charge in [0, 0.05) is 19.6 Å². The van der Waals surface area contributed by atoms with E-state index in [1.807, 2.05) is 27.0 Å². The molecule has 0 radical (unpaired) electrons. The average Bonchev–Trinajstić information content (AvgIpc) is 2.38. The maximum Gasteiger partial charge on any atom is 0.0644 e. The van der Waals surface area contributed by atoms with Crippen molar-refractivity contribution in [2.75, 3.05) is 31.6 Å². The molecule has 20 heavy (non-hydrogen) atoms. The molecule has 0 saturated carbocycles. The number of nitrogens with one attached hydrogen (secondary N) is 1. The van der Waals surface area contributed by atoms with Crippen molar-refractivity contribution in [3.63, 3.8) is 0 Å². The standard InChI is InChI=1S/C16H27ClN2O/c1-6-18-13(4)14-7-8-16(15(17)11-14)19(5)9-10-20-12(2)3/h7-8,11-13,18H,6,9-10H2,1-5H3. The van der Waals surface area contributed by atoms with E-state index in [4.69, 9.17) is 16.3 Å². The van der Waals surface area contributed by atoms with Gasteiger partial charge in [-0.3, -0.25) is 0 Å². The summed E-state index contributed by atoms with van der Waals surface area (Å²) in [7, 11) is 2.04. The van der Waals surface area contributed by atoms with Gasteiger partial charge in [-0.2, -0.15) is 0 Å². The number of nitrogens with zero attached hydrogens (tertiary/aromatic N) is 1. The minimum absolute atomic E-state index is 0.266. The number of hydrogen-bond donors (Lipinski definition) is 1. The summed E-state index contributed by atoms with van der Waals surface area (Å²) in [5.74, 6) is 0. The predicted octanol–water partition coefficient (Wildman–Crippen LogP) is 3.87. The van der Waals surface area contributed by atoms with E-state index in [0.29, 0.717) is 12.6 Å². The van der Waals surface area contributed by atoms with Crippen molar-refractivity contribution in [2.24, 2.45) is 0 Å². The zero-order chi connectivity index (χ0) is 15.1. The first-order chi connectivity index (χ1) is 9.45. The van der Waals surface area contributed by atoms with Crippen LogP contribution in [-0.4, -0.2) is 32.8 Å². The van der Waals surface area contributed by atoms with Crippen molar-refractivity contribution in [2.45, 2.75) is 39.8 Å². The smallest absolute Gasteiger partial charge is 0.0644 e. The van der Waals surface area contributed by atoms with Gasteiger partial charge in [-0.1, -0.05) is 24.6 Å². The fourth-order valence-electron chi connectivity index (χ4n) is 2.07. The molecule has 0 heterocycles. The van der Waals surface area contributed by atoms with Gasteiger partial charge in [-0.05, 0) is 45.0 Å². The number of benzene rings is 1. The maximum absolute atomic E-state index is 6.40. The van der Waals surface area contributed by atoms with Gasteiger partial charge in [0.05, 0.1) is 23.4 Å². The van der Waals surface area contributed by atoms with Gasteiger partial charge >= 0.3 is 0 Å². The molecule has 0 spiro atoms. The second-order valence-corrected chi connectivity index (χ2v) is 5.74. The number of likely N-dealkylation sites (N-methyl/N-ethyl adjacent to an activating group) is 1. The van der Waals surface area contributed by atoms with Crippen LogP contribution in [0.5, 0.6) is 0 Å². The third kappa shape index (κ3) is 5.31. The van der Waals surface area contributed by atoms with E-state index in [-0.39, 0.29) is 6.10 Å². The summed E-state index contributed by atoms with van der Waals surface area (Å²) in [6.45, 7) is 10.8. The number of hydrogen-bond acceptors (Lipinski definition) is 3. The second-order valence-electron chi connectivity index (χ2n) is 5.33. The van der Waals surface area contributed by atoms with E-state index >= 15 is 0 Å². The summed E-state index contributed by atoms with van der Waals surface area (Å²) in [5.41, 5.74) is 2.26. The van der Waals surface area contributed by atoms with Crippen LogP contribution in [0.1, 0.15) is 39.3 Å². The van der Waals surface area contributed by atoms with E-state index in [9.17, 15) is 0 Å². The van der Waals surface area contributed by atoms with E-state index in [1.165, 1.54) is 5.56 Å². The molecule has 0 aromatic heterocycles. The third-order valence-electron chi connectivity index (χ3n) is 3.27. The number of ether oxygens (including phenoxy) is 1. The summed E-state index contributed by atoms with van der Waals surface area (Å²) >= 11 is 6.40. The lowest BCUT2D eigenvalue weighted by Gasteiger charge is -2.22. The van der Waals surface area contributed by atoms with Crippen molar-refractivity contribution in [1.29, 1.82) is 0 Å². The Labute approximate surface area is 128 Å². The Bertz CT molecular complexity index is 409. The lowest BCUT2D eigenvalue weighted by Crippen LogP contribution is -2.24. The molecule has 0 aliphatic rings. The highest BCUT2D eigenvalue weighted by Gasteiger charge is 2.10. The number of anilines is 1. The molecule has 1 unspecified atom stereocenters. The van der Waals surface area contributed by atoms with Gasteiger partial charge in [0.2, 0.25) is 0 Å². The van der Waals surface area contributed by atoms with E-state index in [1.54, 1.807) is 0 Å². The molecular formula is C16H27ClN2O. The van der Waals surface area contributed by atoms with Gasteiger partial charge in [0.1, 0.15) is 0 Å². The second kappa shape index (κ2) is 8.50. The molecule has 0 fully saturated rings. The number of rotatable bonds is 8. The van der Waals surface area contributed by atoms with Gasteiger partial charge < -0.3 is 15.0 Å². The molecule has 1 aromatic carbocycles. The molecule has 4 heteroatoms. The molecule has 1 atom stereocenters.